The number of carbonyl (C=O) groups excluding carboxylic acids is 2. The summed E-state index contributed by atoms with van der Waals surface area (Å²) in [7, 11) is 0. The maximum absolute atomic E-state index is 14.6. The van der Waals surface area contributed by atoms with E-state index in [0.717, 1.165) is 18.5 Å². The van der Waals surface area contributed by atoms with Crippen LogP contribution >= 0.6 is 0 Å². The van der Waals surface area contributed by atoms with Crippen LogP contribution in [0.4, 0.5) is 10.1 Å². The van der Waals surface area contributed by atoms with Crippen LogP contribution in [-0.2, 0) is 17.8 Å². The summed E-state index contributed by atoms with van der Waals surface area (Å²) in [4.78, 5) is 37.5. The van der Waals surface area contributed by atoms with Crippen molar-refractivity contribution < 1.29 is 23.5 Å². The van der Waals surface area contributed by atoms with E-state index in [-0.39, 0.29) is 30.8 Å². The summed E-state index contributed by atoms with van der Waals surface area (Å²) in [5, 5.41) is 0. The van der Waals surface area contributed by atoms with E-state index in [4.69, 9.17) is 9.47 Å². The zero-order valence-electron chi connectivity index (χ0n) is 23.7. The number of anilines is 1. The second-order valence-corrected chi connectivity index (χ2v) is 10.8. The molecule has 8 nitrogen and oxygen atoms in total. The molecule has 3 aromatic rings. The zero-order chi connectivity index (χ0) is 28.8. The van der Waals surface area contributed by atoms with Crippen molar-refractivity contribution >= 4 is 17.5 Å². The Morgan fingerprint density at radius 2 is 1.76 bits per heavy atom. The molecular formula is C32H37FN4O4. The predicted octanol–water partition coefficient (Wildman–Crippen LogP) is 4.71. The van der Waals surface area contributed by atoms with Crippen molar-refractivity contribution in [2.24, 2.45) is 0 Å². The molecule has 5 rings (SSSR count). The molecule has 0 unspecified atom stereocenters. The SMILES string of the molecule is CC(C)N1CCCN(C(=O)c2ccccn2)c2cc(F)ccc2CN(C(=O)Cc2ccc3c(c2)OCCCO3)CC1. The maximum Gasteiger partial charge on any atom is 0.276 e. The van der Waals surface area contributed by atoms with Crippen LogP contribution in [0, 0.1) is 5.82 Å². The number of hydrogen-bond donors (Lipinski definition) is 0. The largest absolute Gasteiger partial charge is 0.490 e. The minimum atomic E-state index is -0.439. The summed E-state index contributed by atoms with van der Waals surface area (Å²) in [6, 6.07) is 15.5. The van der Waals surface area contributed by atoms with Gasteiger partial charge in [0, 0.05) is 51.4 Å². The molecule has 0 radical (unpaired) electrons. The third-order valence-corrected chi connectivity index (χ3v) is 7.56. The zero-order valence-corrected chi connectivity index (χ0v) is 23.7. The lowest BCUT2D eigenvalue weighted by atomic mass is 10.1. The van der Waals surface area contributed by atoms with Gasteiger partial charge >= 0.3 is 0 Å². The summed E-state index contributed by atoms with van der Waals surface area (Å²) in [5.74, 6) is 0.556. The monoisotopic (exact) mass is 560 g/mol. The highest BCUT2D eigenvalue weighted by molar-refractivity contribution is 6.05. The predicted molar refractivity (Wildman–Crippen MR) is 155 cm³/mol. The minimum absolute atomic E-state index is 0.0553. The molecule has 0 saturated heterocycles. The first-order valence-corrected chi connectivity index (χ1v) is 14.3. The number of benzene rings is 2. The van der Waals surface area contributed by atoms with Crippen LogP contribution in [0.1, 0.15) is 48.3 Å². The van der Waals surface area contributed by atoms with Crippen molar-refractivity contribution in [3.8, 4) is 11.5 Å². The number of halogens is 1. The summed E-state index contributed by atoms with van der Waals surface area (Å²) in [6.45, 7) is 8.01. The van der Waals surface area contributed by atoms with Gasteiger partial charge in [-0.15, -0.1) is 0 Å². The summed E-state index contributed by atoms with van der Waals surface area (Å²) >= 11 is 0. The average Bonchev–Trinajstić information content (AvgIpc) is 3.23. The molecule has 9 heteroatoms. The molecule has 0 saturated carbocycles. The molecule has 0 spiro atoms. The quantitative estimate of drug-likeness (QED) is 0.460. The van der Waals surface area contributed by atoms with E-state index >= 15 is 0 Å². The fourth-order valence-electron chi connectivity index (χ4n) is 5.29. The van der Waals surface area contributed by atoms with Gasteiger partial charge in [0.15, 0.2) is 11.5 Å². The van der Waals surface area contributed by atoms with Crippen LogP contribution in [0.15, 0.2) is 60.8 Å². The number of aromatic nitrogens is 1. The van der Waals surface area contributed by atoms with Crippen LogP contribution in [0.3, 0.4) is 0 Å². The van der Waals surface area contributed by atoms with Crippen molar-refractivity contribution in [3.63, 3.8) is 0 Å². The number of pyridine rings is 1. The summed E-state index contributed by atoms with van der Waals surface area (Å²) in [6.07, 6.45) is 3.26. The lowest BCUT2D eigenvalue weighted by Gasteiger charge is -2.30. The van der Waals surface area contributed by atoms with Gasteiger partial charge in [-0.3, -0.25) is 19.5 Å². The molecular weight excluding hydrogens is 523 g/mol. The highest BCUT2D eigenvalue weighted by Gasteiger charge is 2.26. The Morgan fingerprint density at radius 1 is 0.927 bits per heavy atom. The number of amides is 2. The van der Waals surface area contributed by atoms with Gasteiger partial charge in [-0.2, -0.15) is 0 Å². The van der Waals surface area contributed by atoms with Crippen molar-refractivity contribution in [2.75, 3.05) is 44.3 Å². The minimum Gasteiger partial charge on any atom is -0.490 e. The Hall–Kier alpha value is -3.98. The molecule has 216 valence electrons. The second kappa shape index (κ2) is 13.1. The van der Waals surface area contributed by atoms with Gasteiger partial charge in [-0.05, 0) is 67.8 Å². The lowest BCUT2D eigenvalue weighted by Crippen LogP contribution is -2.41. The Bertz CT molecular complexity index is 1370. The van der Waals surface area contributed by atoms with E-state index in [0.29, 0.717) is 67.7 Å². The molecule has 0 fully saturated rings. The molecule has 0 bridgehead atoms. The maximum atomic E-state index is 14.6. The normalized spacial score (nSPS) is 16.5. The molecule has 1 aromatic heterocycles. The first kappa shape index (κ1) is 28.5. The highest BCUT2D eigenvalue weighted by atomic mass is 19.1. The fourth-order valence-corrected chi connectivity index (χ4v) is 5.29. The Kier molecular flexibility index (Phi) is 9.14. The van der Waals surface area contributed by atoms with Crippen LogP contribution in [0.25, 0.3) is 0 Å². The molecule has 41 heavy (non-hydrogen) atoms. The van der Waals surface area contributed by atoms with Crippen molar-refractivity contribution in [1.29, 1.82) is 0 Å². The fraction of sp³-hybridized carbons (Fsp3) is 0.406. The first-order valence-electron chi connectivity index (χ1n) is 14.3. The van der Waals surface area contributed by atoms with Gasteiger partial charge in [0.2, 0.25) is 5.91 Å². The Labute approximate surface area is 240 Å². The van der Waals surface area contributed by atoms with Crippen LogP contribution < -0.4 is 14.4 Å². The van der Waals surface area contributed by atoms with Gasteiger partial charge in [-0.1, -0.05) is 18.2 Å². The molecule has 2 aliphatic heterocycles. The van der Waals surface area contributed by atoms with Crippen molar-refractivity contribution in [2.45, 2.75) is 45.7 Å². The molecule has 2 aromatic carbocycles. The number of nitrogens with zero attached hydrogens (tertiary/aromatic N) is 4. The first-order chi connectivity index (χ1) is 19.9. The van der Waals surface area contributed by atoms with Crippen LogP contribution in [0.2, 0.25) is 0 Å². The standard InChI is InChI=1S/C32H37FN4O4/c1-23(2)35-13-5-14-37(32(39)27-7-3-4-12-34-27)28-21-26(33)10-9-25(28)22-36(16-15-35)31(38)20-24-8-11-29-30(19-24)41-18-6-17-40-29/h3-4,7-12,19,21,23H,5-6,13-18,20,22H2,1-2H3. The highest BCUT2D eigenvalue weighted by Crippen LogP contribution is 2.31. The number of carbonyl (C=O) groups is 2. The Morgan fingerprint density at radius 3 is 2.54 bits per heavy atom. The van der Waals surface area contributed by atoms with E-state index < -0.39 is 5.82 Å². The van der Waals surface area contributed by atoms with Gasteiger partial charge in [0.1, 0.15) is 11.5 Å². The molecule has 3 heterocycles. The van der Waals surface area contributed by atoms with E-state index in [1.807, 2.05) is 23.1 Å². The molecule has 2 aliphatic rings. The van der Waals surface area contributed by atoms with E-state index in [2.05, 4.69) is 23.7 Å². The second-order valence-electron chi connectivity index (χ2n) is 10.8. The van der Waals surface area contributed by atoms with Gasteiger partial charge < -0.3 is 19.3 Å². The third kappa shape index (κ3) is 7.03. The van der Waals surface area contributed by atoms with Gasteiger partial charge in [0.25, 0.3) is 5.91 Å². The van der Waals surface area contributed by atoms with E-state index in [1.165, 1.54) is 12.1 Å². The molecule has 0 N–H and O–H groups in total. The van der Waals surface area contributed by atoms with Crippen molar-refractivity contribution in [3.05, 3.63) is 83.4 Å². The number of ether oxygens (including phenoxy) is 2. The Balaban J connectivity index is 1.46. The van der Waals surface area contributed by atoms with Crippen molar-refractivity contribution in [1.82, 2.24) is 14.8 Å². The average molecular weight is 561 g/mol. The molecule has 2 amide bonds. The van der Waals surface area contributed by atoms with E-state index in [9.17, 15) is 14.0 Å². The van der Waals surface area contributed by atoms with Crippen LogP contribution in [-0.4, -0.2) is 72.0 Å². The summed E-state index contributed by atoms with van der Waals surface area (Å²) in [5.41, 5.74) is 2.30. The van der Waals surface area contributed by atoms with Gasteiger partial charge in [-0.25, -0.2) is 4.39 Å². The number of hydrogen-bond acceptors (Lipinski definition) is 6. The molecule has 0 aliphatic carbocycles. The topological polar surface area (TPSA) is 75.2 Å². The number of rotatable bonds is 4. The molecule has 0 atom stereocenters. The van der Waals surface area contributed by atoms with Crippen LogP contribution in [0.5, 0.6) is 11.5 Å². The smallest absolute Gasteiger partial charge is 0.276 e. The van der Waals surface area contributed by atoms with Gasteiger partial charge in [0.05, 0.1) is 25.3 Å². The lowest BCUT2D eigenvalue weighted by molar-refractivity contribution is -0.131. The summed E-state index contributed by atoms with van der Waals surface area (Å²) < 4.78 is 26.2. The van der Waals surface area contributed by atoms with E-state index in [1.54, 1.807) is 35.4 Å². The number of fused-ring (bicyclic) bond motifs is 2. The third-order valence-electron chi connectivity index (χ3n) is 7.56.